The fourth-order valence-corrected chi connectivity index (χ4v) is 2.64. The average Bonchev–Trinajstić information content (AvgIpc) is 2.56. The van der Waals surface area contributed by atoms with Crippen LogP contribution in [0.3, 0.4) is 0 Å². The smallest absolute Gasteiger partial charge is 0.387 e. The molecule has 25 heavy (non-hydrogen) atoms. The normalized spacial score (nSPS) is 11.0. The van der Waals surface area contributed by atoms with Crippen molar-refractivity contribution in [3.05, 3.63) is 57.5 Å². The van der Waals surface area contributed by atoms with Gasteiger partial charge in [0.1, 0.15) is 0 Å². The highest BCUT2D eigenvalue weighted by atomic mass is 79.9. The van der Waals surface area contributed by atoms with Gasteiger partial charge in [0.15, 0.2) is 11.5 Å². The molecule has 0 radical (unpaired) electrons. The van der Waals surface area contributed by atoms with Crippen LogP contribution in [0.15, 0.2) is 46.9 Å². The molecule has 8 heteroatoms. The molecule has 132 valence electrons. The van der Waals surface area contributed by atoms with Crippen molar-refractivity contribution in [2.75, 3.05) is 12.4 Å². The Morgan fingerprint density at radius 1 is 1.24 bits per heavy atom. The zero-order chi connectivity index (χ0) is 18.4. The number of carbonyl (C=O) groups is 1. The lowest BCUT2D eigenvalue weighted by molar-refractivity contribution is -0.111. The molecule has 0 aliphatic rings. The number of carbonyl (C=O) groups excluding carboxylic acids is 1. The lowest BCUT2D eigenvalue weighted by Gasteiger charge is -2.10. The molecule has 0 heterocycles. The number of halogens is 4. The van der Waals surface area contributed by atoms with Crippen LogP contribution in [0.1, 0.15) is 5.56 Å². The van der Waals surface area contributed by atoms with Crippen LogP contribution in [0.4, 0.5) is 14.5 Å². The number of alkyl halides is 2. The highest BCUT2D eigenvalue weighted by Crippen LogP contribution is 2.30. The molecule has 0 unspecified atom stereocenters. The van der Waals surface area contributed by atoms with E-state index in [1.807, 2.05) is 0 Å². The number of ether oxygens (including phenoxy) is 2. The Balaban J connectivity index is 2.08. The molecule has 1 amide bonds. The molecule has 0 saturated carbocycles. The van der Waals surface area contributed by atoms with Gasteiger partial charge in [-0.05, 0) is 42.0 Å². The summed E-state index contributed by atoms with van der Waals surface area (Å²) in [6.07, 6.45) is 2.80. The van der Waals surface area contributed by atoms with Crippen molar-refractivity contribution in [3.63, 3.8) is 0 Å². The van der Waals surface area contributed by atoms with Gasteiger partial charge in [-0.3, -0.25) is 4.79 Å². The summed E-state index contributed by atoms with van der Waals surface area (Å²) in [5.74, 6) is -0.337. The largest absolute Gasteiger partial charge is 0.493 e. The number of amides is 1. The molecule has 1 N–H and O–H groups in total. The molecule has 0 aromatic heterocycles. The van der Waals surface area contributed by atoms with Crippen molar-refractivity contribution in [2.45, 2.75) is 6.61 Å². The molecular weight excluding hydrogens is 420 g/mol. The number of anilines is 1. The van der Waals surface area contributed by atoms with Gasteiger partial charge in [0.05, 0.1) is 17.8 Å². The van der Waals surface area contributed by atoms with E-state index >= 15 is 0 Å². The topological polar surface area (TPSA) is 47.6 Å². The number of hydrogen-bond donors (Lipinski definition) is 1. The molecular formula is C17H13BrClF2NO3. The van der Waals surface area contributed by atoms with Crippen LogP contribution in [0.5, 0.6) is 11.5 Å². The summed E-state index contributed by atoms with van der Waals surface area (Å²) in [4.78, 5) is 12.0. The van der Waals surface area contributed by atoms with Crippen LogP contribution in [-0.2, 0) is 4.79 Å². The zero-order valence-electron chi connectivity index (χ0n) is 12.9. The molecule has 0 bridgehead atoms. The van der Waals surface area contributed by atoms with Gasteiger partial charge >= 0.3 is 6.61 Å². The van der Waals surface area contributed by atoms with E-state index in [1.54, 1.807) is 18.2 Å². The second-order valence-corrected chi connectivity index (χ2v) is 6.06. The second-order valence-electron chi connectivity index (χ2n) is 4.74. The summed E-state index contributed by atoms with van der Waals surface area (Å²) in [7, 11) is 1.34. The summed E-state index contributed by atoms with van der Waals surface area (Å²) in [6, 6.07) is 9.42. The Kier molecular flexibility index (Phi) is 6.78. The quantitative estimate of drug-likeness (QED) is 0.625. The monoisotopic (exact) mass is 431 g/mol. The van der Waals surface area contributed by atoms with Crippen molar-refractivity contribution in [1.82, 2.24) is 0 Å². The third-order valence-corrected chi connectivity index (χ3v) is 3.83. The third kappa shape index (κ3) is 5.72. The van der Waals surface area contributed by atoms with Gasteiger partial charge in [0.2, 0.25) is 5.91 Å². The molecule has 2 rings (SSSR count). The minimum Gasteiger partial charge on any atom is -0.493 e. The van der Waals surface area contributed by atoms with Crippen molar-refractivity contribution in [3.8, 4) is 11.5 Å². The van der Waals surface area contributed by atoms with Crippen molar-refractivity contribution in [1.29, 1.82) is 0 Å². The predicted molar refractivity (Wildman–Crippen MR) is 96.4 cm³/mol. The van der Waals surface area contributed by atoms with Crippen LogP contribution >= 0.6 is 27.5 Å². The Bertz CT molecular complexity index is 799. The Labute approximate surface area is 156 Å². The molecule has 0 saturated heterocycles. The van der Waals surface area contributed by atoms with Gasteiger partial charge in [-0.15, -0.1) is 0 Å². The highest BCUT2D eigenvalue weighted by Gasteiger charge is 2.10. The fraction of sp³-hybridized carbons (Fsp3) is 0.118. The van der Waals surface area contributed by atoms with Crippen LogP contribution in [0.25, 0.3) is 6.08 Å². The maximum absolute atomic E-state index is 12.3. The van der Waals surface area contributed by atoms with E-state index in [1.165, 1.54) is 37.5 Å². The van der Waals surface area contributed by atoms with Crippen LogP contribution in [-0.4, -0.2) is 19.6 Å². The first-order valence-corrected chi connectivity index (χ1v) is 8.13. The standard InChI is InChI=1S/C17H13BrClF2NO3/c1-24-15-8-10(2-6-14(15)25-17(20)21)3-7-16(23)22-13-5-4-11(18)9-12(13)19/h2-9,17H,1H3,(H,22,23). The minimum atomic E-state index is -2.95. The first-order valence-electron chi connectivity index (χ1n) is 6.96. The summed E-state index contributed by atoms with van der Waals surface area (Å²) in [6.45, 7) is -2.95. The minimum absolute atomic E-state index is 0.0826. The maximum Gasteiger partial charge on any atom is 0.387 e. The molecule has 0 spiro atoms. The van der Waals surface area contributed by atoms with Crippen LogP contribution < -0.4 is 14.8 Å². The third-order valence-electron chi connectivity index (χ3n) is 3.02. The zero-order valence-corrected chi connectivity index (χ0v) is 15.3. The van der Waals surface area contributed by atoms with E-state index in [9.17, 15) is 13.6 Å². The van der Waals surface area contributed by atoms with E-state index < -0.39 is 12.5 Å². The van der Waals surface area contributed by atoms with Gasteiger partial charge in [-0.25, -0.2) is 0 Å². The van der Waals surface area contributed by atoms with Crippen LogP contribution in [0, 0.1) is 0 Å². The summed E-state index contributed by atoms with van der Waals surface area (Å²) >= 11 is 9.31. The molecule has 4 nitrogen and oxygen atoms in total. The first kappa shape index (κ1) is 19.2. The predicted octanol–water partition coefficient (Wildman–Crippen LogP) is 5.36. The van der Waals surface area contributed by atoms with Gasteiger partial charge in [0.25, 0.3) is 0 Å². The Morgan fingerprint density at radius 3 is 2.64 bits per heavy atom. The highest BCUT2D eigenvalue weighted by molar-refractivity contribution is 9.10. The molecule has 2 aromatic rings. The number of hydrogen-bond acceptors (Lipinski definition) is 3. The van der Waals surface area contributed by atoms with Gasteiger partial charge < -0.3 is 14.8 Å². The van der Waals surface area contributed by atoms with E-state index in [0.29, 0.717) is 16.3 Å². The molecule has 2 aromatic carbocycles. The number of benzene rings is 2. The molecule has 0 aliphatic carbocycles. The lowest BCUT2D eigenvalue weighted by Crippen LogP contribution is -2.08. The number of rotatable bonds is 6. The molecule has 0 fully saturated rings. The van der Waals surface area contributed by atoms with Crippen molar-refractivity contribution >= 4 is 45.2 Å². The summed E-state index contributed by atoms with van der Waals surface area (Å²) < 4.78 is 34.7. The van der Waals surface area contributed by atoms with E-state index in [-0.39, 0.29) is 11.5 Å². The van der Waals surface area contributed by atoms with Gasteiger partial charge in [-0.2, -0.15) is 8.78 Å². The second kappa shape index (κ2) is 8.82. The Hall–Kier alpha value is -2.12. The van der Waals surface area contributed by atoms with Crippen molar-refractivity contribution in [2.24, 2.45) is 0 Å². The number of methoxy groups -OCH3 is 1. The summed E-state index contributed by atoms with van der Waals surface area (Å²) in [5.41, 5.74) is 1.05. The van der Waals surface area contributed by atoms with Crippen molar-refractivity contribution < 1.29 is 23.0 Å². The van der Waals surface area contributed by atoms with Gasteiger partial charge in [-0.1, -0.05) is 33.6 Å². The van der Waals surface area contributed by atoms with Gasteiger partial charge in [0, 0.05) is 10.5 Å². The van der Waals surface area contributed by atoms with E-state index in [4.69, 9.17) is 16.3 Å². The summed E-state index contributed by atoms with van der Waals surface area (Å²) in [5, 5.41) is 3.03. The SMILES string of the molecule is COc1cc(C=CC(=O)Nc2ccc(Br)cc2Cl)ccc1OC(F)F. The van der Waals surface area contributed by atoms with Crippen LogP contribution in [0.2, 0.25) is 5.02 Å². The van der Waals surface area contributed by atoms with E-state index in [0.717, 1.165) is 4.47 Å². The average molecular weight is 433 g/mol. The first-order chi connectivity index (χ1) is 11.9. The molecule has 0 atom stereocenters. The lowest BCUT2D eigenvalue weighted by atomic mass is 10.2. The molecule has 0 aliphatic heterocycles. The van der Waals surface area contributed by atoms with E-state index in [2.05, 4.69) is 26.0 Å². The number of nitrogens with one attached hydrogen (secondary N) is 1. The maximum atomic E-state index is 12.3. The Morgan fingerprint density at radius 2 is 2.00 bits per heavy atom. The fourth-order valence-electron chi connectivity index (χ4n) is 1.92.